The lowest BCUT2D eigenvalue weighted by Gasteiger charge is -2.23. The third-order valence-corrected chi connectivity index (χ3v) is 6.62. The molecule has 0 fully saturated rings. The molecule has 0 saturated carbocycles. The molecule has 23 heavy (non-hydrogen) atoms. The van der Waals surface area contributed by atoms with Gasteiger partial charge in [-0.3, -0.25) is 0 Å². The van der Waals surface area contributed by atoms with E-state index >= 15 is 0 Å². The molecule has 124 valence electrons. The SMILES string of the molecule is CC(C)(Cc1ccccc1-c1ccc(C(Br)Br)cc1)S(N)(=O)=O. The normalized spacial score (nSPS) is 12.6. The number of benzene rings is 2. The summed E-state index contributed by atoms with van der Waals surface area (Å²) in [5.41, 5.74) is 4.16. The molecule has 0 bridgehead atoms. The summed E-state index contributed by atoms with van der Waals surface area (Å²) < 4.78 is 22.7. The van der Waals surface area contributed by atoms with Crippen LogP contribution >= 0.6 is 31.9 Å². The maximum Gasteiger partial charge on any atom is 0.214 e. The number of rotatable bonds is 5. The Balaban J connectivity index is 2.42. The second kappa shape index (κ2) is 7.05. The molecule has 2 aromatic rings. The van der Waals surface area contributed by atoms with Crippen LogP contribution in [-0.2, 0) is 16.4 Å². The Labute approximate surface area is 154 Å². The fourth-order valence-corrected chi connectivity index (χ4v) is 3.29. The third-order valence-electron chi connectivity index (χ3n) is 3.88. The highest BCUT2D eigenvalue weighted by Crippen LogP contribution is 2.33. The zero-order chi connectivity index (χ0) is 17.3. The second-order valence-electron chi connectivity index (χ2n) is 6.06. The van der Waals surface area contributed by atoms with Gasteiger partial charge < -0.3 is 0 Å². The molecule has 3 nitrogen and oxygen atoms in total. The van der Waals surface area contributed by atoms with Crippen molar-refractivity contribution in [2.75, 3.05) is 0 Å². The zero-order valence-corrected chi connectivity index (χ0v) is 16.9. The average molecular weight is 461 g/mol. The van der Waals surface area contributed by atoms with Gasteiger partial charge in [-0.2, -0.15) is 0 Å². The van der Waals surface area contributed by atoms with Crippen molar-refractivity contribution in [2.45, 2.75) is 28.8 Å². The molecule has 2 rings (SSSR count). The molecule has 0 spiro atoms. The van der Waals surface area contributed by atoms with Crippen molar-refractivity contribution in [3.8, 4) is 11.1 Å². The van der Waals surface area contributed by atoms with Gasteiger partial charge >= 0.3 is 0 Å². The van der Waals surface area contributed by atoms with Crippen molar-refractivity contribution in [2.24, 2.45) is 5.14 Å². The highest BCUT2D eigenvalue weighted by molar-refractivity contribution is 9.24. The summed E-state index contributed by atoms with van der Waals surface area (Å²) in [4.78, 5) is 0. The van der Waals surface area contributed by atoms with Crippen LogP contribution in [0, 0.1) is 0 Å². The molecule has 0 aliphatic heterocycles. The molecule has 2 N–H and O–H groups in total. The number of hydrogen-bond acceptors (Lipinski definition) is 2. The van der Waals surface area contributed by atoms with E-state index in [0.717, 1.165) is 22.3 Å². The van der Waals surface area contributed by atoms with Gasteiger partial charge in [0.1, 0.15) is 0 Å². The Morgan fingerprint density at radius 3 is 2.13 bits per heavy atom. The third kappa shape index (κ3) is 4.44. The summed E-state index contributed by atoms with van der Waals surface area (Å²) in [5, 5.41) is 5.36. The molecule has 0 saturated heterocycles. The Bertz CT molecular complexity index is 784. The van der Waals surface area contributed by atoms with Gasteiger partial charge in [0.05, 0.1) is 8.48 Å². The monoisotopic (exact) mass is 459 g/mol. The minimum absolute atomic E-state index is 0.112. The quantitative estimate of drug-likeness (QED) is 0.654. The van der Waals surface area contributed by atoms with Crippen molar-refractivity contribution < 1.29 is 8.42 Å². The van der Waals surface area contributed by atoms with E-state index < -0.39 is 14.8 Å². The minimum atomic E-state index is -3.63. The predicted octanol–water partition coefficient (Wildman–Crippen LogP) is 4.75. The molecule has 0 radical (unpaired) electrons. The van der Waals surface area contributed by atoms with E-state index in [1.54, 1.807) is 13.8 Å². The van der Waals surface area contributed by atoms with Crippen LogP contribution < -0.4 is 5.14 Å². The summed E-state index contributed by atoms with van der Waals surface area (Å²) >= 11 is 6.95. The van der Waals surface area contributed by atoms with Gasteiger partial charge in [0.15, 0.2) is 0 Å². The van der Waals surface area contributed by atoms with Crippen LogP contribution in [0.2, 0.25) is 0 Å². The smallest absolute Gasteiger partial charge is 0.214 e. The van der Waals surface area contributed by atoms with Crippen molar-refractivity contribution in [3.05, 3.63) is 59.7 Å². The fraction of sp³-hybridized carbons (Fsp3) is 0.294. The van der Waals surface area contributed by atoms with Crippen molar-refractivity contribution >= 4 is 41.9 Å². The van der Waals surface area contributed by atoms with E-state index in [-0.39, 0.29) is 3.74 Å². The molecule has 0 aliphatic carbocycles. The van der Waals surface area contributed by atoms with Gasteiger partial charge in [0, 0.05) is 0 Å². The van der Waals surface area contributed by atoms with E-state index in [1.807, 2.05) is 48.5 Å². The fourth-order valence-electron chi connectivity index (χ4n) is 2.32. The Morgan fingerprint density at radius 1 is 1.04 bits per heavy atom. The largest absolute Gasteiger partial charge is 0.228 e. The lowest BCUT2D eigenvalue weighted by Crippen LogP contribution is -2.39. The number of alkyl halides is 2. The number of halogens is 2. The van der Waals surface area contributed by atoms with Crippen molar-refractivity contribution in [1.82, 2.24) is 0 Å². The van der Waals surface area contributed by atoms with Gasteiger partial charge in [0.2, 0.25) is 10.0 Å². The molecular formula is C17H19Br2NO2S. The lowest BCUT2D eigenvalue weighted by molar-refractivity contribution is 0.545. The van der Waals surface area contributed by atoms with Crippen LogP contribution in [-0.4, -0.2) is 13.2 Å². The maximum absolute atomic E-state index is 11.8. The molecule has 0 atom stereocenters. The second-order valence-corrected chi connectivity index (χ2v) is 11.3. The number of hydrogen-bond donors (Lipinski definition) is 1. The summed E-state index contributed by atoms with van der Waals surface area (Å²) in [6.45, 7) is 3.31. The maximum atomic E-state index is 11.8. The van der Waals surface area contributed by atoms with Crippen LogP contribution in [0.3, 0.4) is 0 Å². The minimum Gasteiger partial charge on any atom is -0.228 e. The Morgan fingerprint density at radius 2 is 1.61 bits per heavy atom. The van der Waals surface area contributed by atoms with Gasteiger partial charge in [-0.05, 0) is 42.5 Å². The first-order valence-corrected chi connectivity index (χ1v) is 10.5. The van der Waals surface area contributed by atoms with Crippen LogP contribution in [0.5, 0.6) is 0 Å². The number of nitrogens with two attached hydrogens (primary N) is 1. The summed E-state index contributed by atoms with van der Waals surface area (Å²) in [6.07, 6.45) is 0.364. The predicted molar refractivity (Wildman–Crippen MR) is 103 cm³/mol. The topological polar surface area (TPSA) is 60.2 Å². The van der Waals surface area contributed by atoms with Crippen molar-refractivity contribution in [3.63, 3.8) is 0 Å². The highest BCUT2D eigenvalue weighted by Gasteiger charge is 2.31. The standard InChI is InChI=1S/C17H19Br2NO2S/c1-17(2,23(20,21)22)11-14-5-3-4-6-15(14)12-7-9-13(10-8-12)16(18)19/h3-10,16H,11H2,1-2H3,(H2,20,21,22). The van der Waals surface area contributed by atoms with Crippen LogP contribution in [0.25, 0.3) is 11.1 Å². The first kappa shape index (κ1) is 18.6. The summed E-state index contributed by atoms with van der Waals surface area (Å²) in [5.74, 6) is 0. The van der Waals surface area contributed by atoms with Crippen molar-refractivity contribution in [1.29, 1.82) is 0 Å². The van der Waals surface area contributed by atoms with Crippen LogP contribution in [0.4, 0.5) is 0 Å². The molecule has 6 heteroatoms. The van der Waals surface area contributed by atoms with Gasteiger partial charge in [-0.15, -0.1) is 0 Å². The first-order valence-electron chi connectivity index (χ1n) is 7.10. The van der Waals surface area contributed by atoms with E-state index in [2.05, 4.69) is 31.9 Å². The molecule has 2 aromatic carbocycles. The molecule has 0 aromatic heterocycles. The molecule has 0 aliphatic rings. The van der Waals surface area contributed by atoms with E-state index in [9.17, 15) is 8.42 Å². The lowest BCUT2D eigenvalue weighted by atomic mass is 9.93. The molecule has 0 amide bonds. The Hall–Kier alpha value is -0.690. The van der Waals surface area contributed by atoms with Gasteiger partial charge in [-0.25, -0.2) is 13.6 Å². The van der Waals surface area contributed by atoms with Gasteiger partial charge in [-0.1, -0.05) is 80.4 Å². The van der Waals surface area contributed by atoms with Gasteiger partial charge in [0.25, 0.3) is 0 Å². The van der Waals surface area contributed by atoms with E-state index in [4.69, 9.17) is 5.14 Å². The van der Waals surface area contributed by atoms with Crippen LogP contribution in [0.1, 0.15) is 28.7 Å². The first-order chi connectivity index (χ1) is 10.6. The highest BCUT2D eigenvalue weighted by atomic mass is 79.9. The molecule has 0 heterocycles. The average Bonchev–Trinajstić information content (AvgIpc) is 2.46. The van der Waals surface area contributed by atoms with E-state index in [1.165, 1.54) is 0 Å². The molecular weight excluding hydrogens is 442 g/mol. The van der Waals surface area contributed by atoms with E-state index in [0.29, 0.717) is 6.42 Å². The Kier molecular flexibility index (Phi) is 5.72. The van der Waals surface area contributed by atoms with Crippen LogP contribution in [0.15, 0.2) is 48.5 Å². The zero-order valence-electron chi connectivity index (χ0n) is 13.0. The number of primary sulfonamides is 1. The summed E-state index contributed by atoms with van der Waals surface area (Å²) in [6, 6.07) is 16.0. The molecule has 0 unspecified atom stereocenters. The summed E-state index contributed by atoms with van der Waals surface area (Å²) in [7, 11) is -3.63. The number of sulfonamides is 1.